The topological polar surface area (TPSA) is 93.5 Å². The number of halogens is 1. The van der Waals surface area contributed by atoms with Crippen molar-refractivity contribution in [3.05, 3.63) is 18.2 Å². The van der Waals surface area contributed by atoms with Gasteiger partial charge in [-0.1, -0.05) is 0 Å². The molecule has 7 heteroatoms. The van der Waals surface area contributed by atoms with Gasteiger partial charge in [-0.15, -0.1) is 12.4 Å². The maximum atomic E-state index is 12.5. The standard InChI is InChI=1S/C16H19N3O3.ClH/c17-15-9-2-1-8(5-9)14(15)16(21)18-10-3-4-11-12(6-10)22-7-13(20)19-11;/h3-4,6,8-9,14-15H,1-2,5,7,17H2,(H,18,21)(H,19,20);1H. The van der Waals surface area contributed by atoms with Crippen molar-refractivity contribution in [2.24, 2.45) is 23.5 Å². The summed E-state index contributed by atoms with van der Waals surface area (Å²) in [5, 5.41) is 5.68. The van der Waals surface area contributed by atoms with Gasteiger partial charge >= 0.3 is 0 Å². The molecule has 2 saturated carbocycles. The van der Waals surface area contributed by atoms with E-state index >= 15 is 0 Å². The Morgan fingerprint density at radius 2 is 2.09 bits per heavy atom. The lowest BCUT2D eigenvalue weighted by Gasteiger charge is -2.27. The Morgan fingerprint density at radius 1 is 1.30 bits per heavy atom. The number of nitrogens with two attached hydrogens (primary N) is 1. The number of hydrogen-bond donors (Lipinski definition) is 3. The summed E-state index contributed by atoms with van der Waals surface area (Å²) in [7, 11) is 0. The normalized spacial score (nSPS) is 30.7. The Bertz CT molecular complexity index is 649. The van der Waals surface area contributed by atoms with Crippen molar-refractivity contribution in [1.82, 2.24) is 0 Å². The van der Waals surface area contributed by atoms with Crippen LogP contribution in [-0.4, -0.2) is 24.5 Å². The number of ether oxygens (including phenoxy) is 1. The Balaban J connectivity index is 0.00000156. The smallest absolute Gasteiger partial charge is 0.262 e. The summed E-state index contributed by atoms with van der Waals surface area (Å²) in [4.78, 5) is 23.8. The molecule has 0 saturated heterocycles. The number of amides is 2. The Labute approximate surface area is 140 Å². The minimum Gasteiger partial charge on any atom is -0.482 e. The molecular weight excluding hydrogens is 318 g/mol. The molecule has 1 aromatic rings. The van der Waals surface area contributed by atoms with Crippen LogP contribution in [0.3, 0.4) is 0 Å². The second kappa shape index (κ2) is 6.02. The predicted octanol–water partition coefficient (Wildman–Crippen LogP) is 1.75. The van der Waals surface area contributed by atoms with Crippen LogP contribution in [0.15, 0.2) is 18.2 Å². The van der Waals surface area contributed by atoms with E-state index in [2.05, 4.69) is 10.6 Å². The maximum absolute atomic E-state index is 12.5. The predicted molar refractivity (Wildman–Crippen MR) is 88.7 cm³/mol. The van der Waals surface area contributed by atoms with E-state index in [1.807, 2.05) is 0 Å². The molecule has 2 aliphatic carbocycles. The molecule has 2 amide bonds. The third-order valence-corrected chi connectivity index (χ3v) is 5.17. The van der Waals surface area contributed by atoms with E-state index in [1.54, 1.807) is 18.2 Å². The third-order valence-electron chi connectivity index (χ3n) is 5.17. The van der Waals surface area contributed by atoms with Crippen molar-refractivity contribution in [3.63, 3.8) is 0 Å². The number of rotatable bonds is 2. The van der Waals surface area contributed by atoms with Gasteiger partial charge < -0.3 is 21.1 Å². The monoisotopic (exact) mass is 337 g/mol. The summed E-state index contributed by atoms with van der Waals surface area (Å²) < 4.78 is 5.37. The highest BCUT2D eigenvalue weighted by Crippen LogP contribution is 2.48. The molecule has 2 fully saturated rings. The molecule has 0 radical (unpaired) electrons. The summed E-state index contributed by atoms with van der Waals surface area (Å²) in [6, 6.07) is 5.23. The fraction of sp³-hybridized carbons (Fsp3) is 0.500. The second-order valence-electron chi connectivity index (χ2n) is 6.47. The maximum Gasteiger partial charge on any atom is 0.262 e. The number of carbonyl (C=O) groups excluding carboxylic acids is 2. The molecule has 1 aromatic carbocycles. The van der Waals surface area contributed by atoms with Crippen LogP contribution in [0.25, 0.3) is 0 Å². The number of benzene rings is 1. The SMILES string of the molecule is Cl.NC1C2CCC(C2)C1C(=O)Nc1ccc2c(c1)OCC(=O)N2. The van der Waals surface area contributed by atoms with Gasteiger partial charge in [-0.3, -0.25) is 9.59 Å². The largest absolute Gasteiger partial charge is 0.482 e. The van der Waals surface area contributed by atoms with Crippen LogP contribution < -0.4 is 21.1 Å². The zero-order chi connectivity index (χ0) is 15.3. The van der Waals surface area contributed by atoms with Gasteiger partial charge in [0.2, 0.25) is 5.91 Å². The van der Waals surface area contributed by atoms with E-state index in [1.165, 1.54) is 0 Å². The van der Waals surface area contributed by atoms with Crippen LogP contribution in [-0.2, 0) is 9.59 Å². The van der Waals surface area contributed by atoms with Crippen molar-refractivity contribution in [2.75, 3.05) is 17.2 Å². The molecule has 4 atom stereocenters. The average Bonchev–Trinajstić information content (AvgIpc) is 3.08. The van der Waals surface area contributed by atoms with Crippen LogP contribution in [0, 0.1) is 17.8 Å². The van der Waals surface area contributed by atoms with Gasteiger partial charge in [-0.2, -0.15) is 0 Å². The lowest BCUT2D eigenvalue weighted by Crippen LogP contribution is -2.42. The Kier molecular flexibility index (Phi) is 4.21. The minimum atomic E-state index is -0.169. The molecule has 1 aliphatic heterocycles. The highest BCUT2D eigenvalue weighted by Gasteiger charge is 2.49. The summed E-state index contributed by atoms with van der Waals surface area (Å²) >= 11 is 0. The molecule has 0 aromatic heterocycles. The molecule has 4 unspecified atom stereocenters. The van der Waals surface area contributed by atoms with Gasteiger partial charge in [0.25, 0.3) is 5.91 Å². The van der Waals surface area contributed by atoms with Crippen LogP contribution in [0.1, 0.15) is 19.3 Å². The molecule has 6 nitrogen and oxygen atoms in total. The van der Waals surface area contributed by atoms with Crippen LogP contribution in [0.2, 0.25) is 0 Å². The van der Waals surface area contributed by atoms with Crippen LogP contribution in [0.5, 0.6) is 5.75 Å². The van der Waals surface area contributed by atoms with Crippen molar-refractivity contribution in [1.29, 1.82) is 0 Å². The van der Waals surface area contributed by atoms with Crippen molar-refractivity contribution in [3.8, 4) is 5.75 Å². The van der Waals surface area contributed by atoms with E-state index in [-0.39, 0.29) is 42.8 Å². The first kappa shape index (κ1) is 16.1. The second-order valence-corrected chi connectivity index (χ2v) is 6.47. The summed E-state index contributed by atoms with van der Waals surface area (Å²) in [5.74, 6) is 1.25. The zero-order valence-corrected chi connectivity index (χ0v) is 13.4. The van der Waals surface area contributed by atoms with Gasteiger partial charge in [0.1, 0.15) is 5.75 Å². The van der Waals surface area contributed by atoms with E-state index in [0.29, 0.717) is 29.0 Å². The summed E-state index contributed by atoms with van der Waals surface area (Å²) in [6.07, 6.45) is 3.34. The van der Waals surface area contributed by atoms with Gasteiger partial charge in [0.05, 0.1) is 11.6 Å². The van der Waals surface area contributed by atoms with Gasteiger partial charge in [0, 0.05) is 17.8 Å². The lowest BCUT2D eigenvalue weighted by atomic mass is 9.84. The first-order chi connectivity index (χ1) is 10.6. The molecule has 124 valence electrons. The number of fused-ring (bicyclic) bond motifs is 3. The number of hydrogen-bond acceptors (Lipinski definition) is 4. The van der Waals surface area contributed by atoms with Gasteiger partial charge in [-0.25, -0.2) is 0 Å². The van der Waals surface area contributed by atoms with E-state index in [9.17, 15) is 9.59 Å². The van der Waals surface area contributed by atoms with Crippen molar-refractivity contribution < 1.29 is 14.3 Å². The summed E-state index contributed by atoms with van der Waals surface area (Å²) in [6.45, 7) is 0.00164. The van der Waals surface area contributed by atoms with E-state index in [4.69, 9.17) is 10.5 Å². The van der Waals surface area contributed by atoms with Crippen molar-refractivity contribution in [2.45, 2.75) is 25.3 Å². The highest BCUT2D eigenvalue weighted by atomic mass is 35.5. The molecule has 4 rings (SSSR count). The van der Waals surface area contributed by atoms with E-state index < -0.39 is 0 Å². The molecule has 23 heavy (non-hydrogen) atoms. The quantitative estimate of drug-likeness (QED) is 0.766. The number of carbonyl (C=O) groups is 2. The van der Waals surface area contributed by atoms with Gasteiger partial charge in [-0.05, 0) is 43.2 Å². The zero-order valence-electron chi connectivity index (χ0n) is 12.6. The van der Waals surface area contributed by atoms with Crippen LogP contribution in [0.4, 0.5) is 11.4 Å². The molecular formula is C16H20ClN3O3. The molecule has 2 bridgehead atoms. The van der Waals surface area contributed by atoms with Crippen molar-refractivity contribution >= 4 is 35.6 Å². The Hall–Kier alpha value is -1.79. The lowest BCUT2D eigenvalue weighted by molar-refractivity contribution is -0.122. The van der Waals surface area contributed by atoms with Crippen LogP contribution >= 0.6 is 12.4 Å². The minimum absolute atomic E-state index is 0. The number of nitrogens with one attached hydrogen (secondary N) is 2. The molecule has 0 spiro atoms. The van der Waals surface area contributed by atoms with Gasteiger partial charge in [0.15, 0.2) is 6.61 Å². The Morgan fingerprint density at radius 3 is 2.83 bits per heavy atom. The first-order valence-corrected chi connectivity index (χ1v) is 7.75. The first-order valence-electron chi connectivity index (χ1n) is 7.75. The fourth-order valence-electron chi connectivity index (χ4n) is 4.10. The fourth-order valence-corrected chi connectivity index (χ4v) is 4.10. The number of anilines is 2. The van der Waals surface area contributed by atoms with E-state index in [0.717, 1.165) is 19.3 Å². The average molecular weight is 338 g/mol. The summed E-state index contributed by atoms with van der Waals surface area (Å²) in [5.41, 5.74) is 7.52. The molecule has 1 heterocycles. The third kappa shape index (κ3) is 2.77. The highest BCUT2D eigenvalue weighted by molar-refractivity contribution is 5.97. The molecule has 4 N–H and O–H groups in total. The molecule has 3 aliphatic rings.